The largest absolute Gasteiger partial charge is 0.497 e. The molecular weight excluding hydrogens is 691 g/mol. The van der Waals surface area contributed by atoms with Crippen molar-refractivity contribution >= 4 is 34.4 Å². The number of carbonyl (C=O) groups excluding carboxylic acids is 2. The number of ether oxygens (including phenoxy) is 3. The molecule has 0 saturated heterocycles. The van der Waals surface area contributed by atoms with E-state index < -0.39 is 24.2 Å². The van der Waals surface area contributed by atoms with Crippen molar-refractivity contribution in [1.82, 2.24) is 10.2 Å². The molecule has 1 saturated carbocycles. The SMILES string of the molecule is COc1cccc(CCN(C(=O)CCC2CCCC2)C2CC(C(=O)NCCO)=CC(Oc3c(I)cc(CO)cc3OC)C2O)c1. The third-order valence-corrected chi connectivity index (χ3v) is 9.48. The summed E-state index contributed by atoms with van der Waals surface area (Å²) in [6.45, 7) is 0.0107. The van der Waals surface area contributed by atoms with Gasteiger partial charge in [-0.3, -0.25) is 9.59 Å². The van der Waals surface area contributed by atoms with Gasteiger partial charge in [-0.2, -0.15) is 0 Å². The van der Waals surface area contributed by atoms with E-state index in [1.54, 1.807) is 30.2 Å². The summed E-state index contributed by atoms with van der Waals surface area (Å²) in [5.74, 6) is 1.53. The van der Waals surface area contributed by atoms with Crippen LogP contribution in [0.2, 0.25) is 0 Å². The summed E-state index contributed by atoms with van der Waals surface area (Å²) in [7, 11) is 3.10. The van der Waals surface area contributed by atoms with Crippen molar-refractivity contribution < 1.29 is 39.1 Å². The summed E-state index contributed by atoms with van der Waals surface area (Å²) in [5, 5.41) is 33.6. The quantitative estimate of drug-likeness (QED) is 0.203. The molecule has 3 unspecified atom stereocenters. The predicted octanol–water partition coefficient (Wildman–Crippen LogP) is 3.76. The fourth-order valence-electron chi connectivity index (χ4n) is 6.22. The lowest BCUT2D eigenvalue weighted by atomic mass is 9.87. The first-order valence-electron chi connectivity index (χ1n) is 15.6. The Kier molecular flexibility index (Phi) is 13.3. The van der Waals surface area contributed by atoms with Gasteiger partial charge >= 0.3 is 0 Å². The molecule has 1 fully saturated rings. The summed E-state index contributed by atoms with van der Waals surface area (Å²) in [6.07, 6.45) is 5.92. The first kappa shape index (κ1) is 35.0. The van der Waals surface area contributed by atoms with Gasteiger partial charge in [0.15, 0.2) is 11.5 Å². The number of benzene rings is 2. The third kappa shape index (κ3) is 9.34. The van der Waals surface area contributed by atoms with Crippen molar-refractivity contribution in [2.24, 2.45) is 5.92 Å². The van der Waals surface area contributed by atoms with E-state index in [9.17, 15) is 24.9 Å². The minimum atomic E-state index is -1.15. The molecule has 2 amide bonds. The maximum atomic E-state index is 14.0. The number of aliphatic hydroxyl groups is 3. The molecule has 0 aliphatic heterocycles. The van der Waals surface area contributed by atoms with E-state index in [2.05, 4.69) is 27.9 Å². The van der Waals surface area contributed by atoms with Crippen LogP contribution >= 0.6 is 22.6 Å². The summed E-state index contributed by atoms with van der Waals surface area (Å²) in [5.41, 5.74) is 1.99. The van der Waals surface area contributed by atoms with Crippen LogP contribution in [0.15, 0.2) is 48.0 Å². The fraction of sp³-hybridized carbons (Fsp3) is 0.529. The number of halogens is 1. The van der Waals surface area contributed by atoms with Crippen LogP contribution < -0.4 is 19.5 Å². The van der Waals surface area contributed by atoms with E-state index in [0.29, 0.717) is 51.5 Å². The zero-order valence-corrected chi connectivity index (χ0v) is 28.2. The second kappa shape index (κ2) is 17.2. The normalized spacial score (nSPS) is 20.0. The highest BCUT2D eigenvalue weighted by molar-refractivity contribution is 14.1. The standard InChI is InChI=1S/C34H45IN2O8/c1-43-26-9-5-8-23(16-26)12-14-37(31(40)11-10-22-6-3-4-7-22)28-19-25(34(42)36-13-15-38)20-29(32(28)41)45-33-27(35)17-24(21-39)18-30(33)44-2/h5,8-9,16-18,20,22,28-29,32,38-39,41H,3-4,6-7,10-15,19,21H2,1-2H3,(H,36,42). The molecule has 3 atom stereocenters. The highest BCUT2D eigenvalue weighted by Crippen LogP contribution is 2.37. The molecule has 0 bridgehead atoms. The van der Waals surface area contributed by atoms with Crippen molar-refractivity contribution in [3.63, 3.8) is 0 Å². The number of hydrogen-bond acceptors (Lipinski definition) is 8. The number of nitrogens with one attached hydrogen (secondary N) is 1. The minimum absolute atomic E-state index is 0.0657. The van der Waals surface area contributed by atoms with Gasteiger partial charge < -0.3 is 39.7 Å². The number of amides is 2. The molecule has 246 valence electrons. The van der Waals surface area contributed by atoms with Crippen molar-refractivity contribution in [3.05, 3.63) is 62.7 Å². The van der Waals surface area contributed by atoms with E-state index in [4.69, 9.17) is 14.2 Å². The van der Waals surface area contributed by atoms with Crippen LogP contribution in [-0.2, 0) is 22.6 Å². The second-order valence-electron chi connectivity index (χ2n) is 11.7. The Morgan fingerprint density at radius 1 is 1.07 bits per heavy atom. The Bertz CT molecular complexity index is 1330. The van der Waals surface area contributed by atoms with Crippen LogP contribution in [0.5, 0.6) is 17.2 Å². The van der Waals surface area contributed by atoms with E-state index in [0.717, 1.165) is 30.6 Å². The van der Waals surface area contributed by atoms with Gasteiger partial charge in [-0.1, -0.05) is 37.8 Å². The molecule has 0 heterocycles. The minimum Gasteiger partial charge on any atom is -0.497 e. The molecule has 2 aliphatic rings. The molecule has 0 radical (unpaired) electrons. The average molecular weight is 737 g/mol. The van der Waals surface area contributed by atoms with Crippen LogP contribution in [0.3, 0.4) is 0 Å². The first-order chi connectivity index (χ1) is 21.8. The van der Waals surface area contributed by atoms with Gasteiger partial charge in [0.25, 0.3) is 0 Å². The summed E-state index contributed by atoms with van der Waals surface area (Å²) in [4.78, 5) is 28.9. The lowest BCUT2D eigenvalue weighted by Gasteiger charge is -2.41. The molecule has 0 aromatic heterocycles. The monoisotopic (exact) mass is 736 g/mol. The summed E-state index contributed by atoms with van der Waals surface area (Å²) < 4.78 is 18.0. The van der Waals surface area contributed by atoms with Crippen LogP contribution in [-0.4, -0.2) is 84.2 Å². The van der Waals surface area contributed by atoms with E-state index in [1.807, 2.05) is 24.3 Å². The van der Waals surface area contributed by atoms with E-state index in [1.165, 1.54) is 20.0 Å². The Hall–Kier alpha value is -2.87. The Morgan fingerprint density at radius 2 is 1.84 bits per heavy atom. The molecule has 4 N–H and O–H groups in total. The van der Waals surface area contributed by atoms with Gasteiger partial charge in [0.2, 0.25) is 11.8 Å². The van der Waals surface area contributed by atoms with Crippen LogP contribution in [0.4, 0.5) is 0 Å². The molecule has 2 aromatic carbocycles. The summed E-state index contributed by atoms with van der Waals surface area (Å²) >= 11 is 2.08. The number of hydrogen-bond donors (Lipinski definition) is 4. The van der Waals surface area contributed by atoms with Gasteiger partial charge in [0.1, 0.15) is 18.0 Å². The van der Waals surface area contributed by atoms with Crippen LogP contribution in [0, 0.1) is 9.49 Å². The van der Waals surface area contributed by atoms with Crippen molar-refractivity contribution in [1.29, 1.82) is 0 Å². The molecule has 2 aliphatic carbocycles. The van der Waals surface area contributed by atoms with E-state index in [-0.39, 0.29) is 32.1 Å². The molecule has 45 heavy (non-hydrogen) atoms. The predicted molar refractivity (Wildman–Crippen MR) is 178 cm³/mol. The first-order valence-corrected chi connectivity index (χ1v) is 16.7. The lowest BCUT2D eigenvalue weighted by molar-refractivity contribution is -0.138. The molecular formula is C34H45IN2O8. The number of rotatable bonds is 15. The Labute approximate surface area is 278 Å². The van der Waals surface area contributed by atoms with Crippen molar-refractivity contribution in [2.75, 3.05) is 33.9 Å². The number of carbonyl (C=O) groups is 2. The van der Waals surface area contributed by atoms with Gasteiger partial charge in [-0.25, -0.2) is 0 Å². The Morgan fingerprint density at radius 3 is 2.53 bits per heavy atom. The number of aliphatic hydroxyl groups excluding tert-OH is 3. The smallest absolute Gasteiger partial charge is 0.247 e. The molecule has 0 spiro atoms. The molecule has 10 nitrogen and oxygen atoms in total. The zero-order valence-electron chi connectivity index (χ0n) is 26.0. The fourth-order valence-corrected chi connectivity index (χ4v) is 7.01. The van der Waals surface area contributed by atoms with Gasteiger partial charge in [0.05, 0.1) is 37.0 Å². The topological polar surface area (TPSA) is 138 Å². The maximum Gasteiger partial charge on any atom is 0.247 e. The molecule has 2 aromatic rings. The highest BCUT2D eigenvalue weighted by Gasteiger charge is 2.41. The highest BCUT2D eigenvalue weighted by atomic mass is 127. The number of nitrogens with zero attached hydrogens (tertiary/aromatic N) is 1. The number of methoxy groups -OCH3 is 2. The van der Waals surface area contributed by atoms with Gasteiger partial charge in [-0.15, -0.1) is 0 Å². The van der Waals surface area contributed by atoms with E-state index >= 15 is 0 Å². The zero-order chi connectivity index (χ0) is 32.3. The molecule has 11 heteroatoms. The summed E-state index contributed by atoms with van der Waals surface area (Å²) in [6, 6.07) is 10.4. The van der Waals surface area contributed by atoms with Crippen LogP contribution in [0.25, 0.3) is 0 Å². The van der Waals surface area contributed by atoms with Crippen molar-refractivity contribution in [2.45, 2.75) is 76.2 Å². The molecule has 4 rings (SSSR count). The Balaban J connectivity index is 1.66. The van der Waals surface area contributed by atoms with Gasteiger partial charge in [-0.05, 0) is 82.8 Å². The maximum absolute atomic E-state index is 14.0. The average Bonchev–Trinajstić information content (AvgIpc) is 3.58. The van der Waals surface area contributed by atoms with Crippen LogP contribution in [0.1, 0.15) is 56.1 Å². The van der Waals surface area contributed by atoms with Gasteiger partial charge in [0, 0.05) is 31.5 Å². The second-order valence-corrected chi connectivity index (χ2v) is 12.8. The third-order valence-electron chi connectivity index (χ3n) is 8.68. The lowest BCUT2D eigenvalue weighted by Crippen LogP contribution is -2.55. The van der Waals surface area contributed by atoms with Crippen molar-refractivity contribution in [3.8, 4) is 17.2 Å².